The Hall–Kier alpha value is -2.49. The molecular weight excluding hydrogens is 368 g/mol. The Kier molecular flexibility index (Phi) is 6.53. The van der Waals surface area contributed by atoms with Crippen LogP contribution in [0.5, 0.6) is 0 Å². The number of anilines is 1. The molecular formula is C18H25N4O4S+. The van der Waals surface area contributed by atoms with Gasteiger partial charge in [-0.05, 0) is 18.2 Å². The highest BCUT2D eigenvalue weighted by atomic mass is 32.2. The van der Waals surface area contributed by atoms with Gasteiger partial charge in [0, 0.05) is 31.4 Å². The highest BCUT2D eigenvalue weighted by Gasteiger charge is 2.27. The number of nitro benzene ring substituents is 1. The van der Waals surface area contributed by atoms with Crippen LogP contribution < -0.4 is 14.5 Å². The zero-order chi connectivity index (χ0) is 20.2. The van der Waals surface area contributed by atoms with Crippen molar-refractivity contribution in [3.63, 3.8) is 0 Å². The lowest BCUT2D eigenvalue weighted by molar-refractivity contribution is -0.890. The Morgan fingerprint density at radius 1 is 1.11 bits per heavy atom. The third kappa shape index (κ3) is 5.03. The maximum Gasteiger partial charge on any atom is 0.289 e. The predicted octanol–water partition coefficient (Wildman–Crippen LogP) is 0.825. The van der Waals surface area contributed by atoms with Crippen LogP contribution >= 0.6 is 0 Å². The monoisotopic (exact) mass is 393 g/mol. The van der Waals surface area contributed by atoms with Crippen LogP contribution in [0.1, 0.15) is 11.6 Å². The minimum absolute atomic E-state index is 0.123. The summed E-state index contributed by atoms with van der Waals surface area (Å²) in [6.07, 6.45) is 0. The van der Waals surface area contributed by atoms with Crippen molar-refractivity contribution >= 4 is 21.4 Å². The van der Waals surface area contributed by atoms with Gasteiger partial charge in [-0.1, -0.05) is 24.3 Å². The highest BCUT2D eigenvalue weighted by molar-refractivity contribution is 7.89. The summed E-state index contributed by atoms with van der Waals surface area (Å²) in [4.78, 5) is 13.1. The highest BCUT2D eigenvalue weighted by Crippen LogP contribution is 2.23. The van der Waals surface area contributed by atoms with Crippen molar-refractivity contribution in [1.82, 2.24) is 4.72 Å². The summed E-state index contributed by atoms with van der Waals surface area (Å²) in [6.45, 7) is 0.123. The molecule has 2 aromatic carbocycles. The molecule has 0 aliphatic heterocycles. The van der Waals surface area contributed by atoms with Crippen molar-refractivity contribution < 1.29 is 18.2 Å². The Morgan fingerprint density at radius 3 is 2.22 bits per heavy atom. The molecule has 0 heterocycles. The lowest BCUT2D eigenvalue weighted by Crippen LogP contribution is -3.07. The quantitative estimate of drug-likeness (QED) is 0.511. The Bertz CT molecular complexity index is 896. The third-order valence-corrected chi connectivity index (χ3v) is 5.81. The minimum Gasteiger partial charge on any atom is -0.378 e. The number of rotatable bonds is 8. The number of hydrogen-bond acceptors (Lipinski definition) is 5. The molecule has 2 N–H and O–H groups in total. The number of para-hydroxylation sites is 1. The molecule has 0 aliphatic rings. The number of nitro groups is 1. The molecule has 2 rings (SSSR count). The van der Waals surface area contributed by atoms with Gasteiger partial charge in [0.1, 0.15) is 6.04 Å². The average Bonchev–Trinajstić information content (AvgIpc) is 2.62. The number of nitrogens with zero attached hydrogens (tertiary/aromatic N) is 2. The third-order valence-electron chi connectivity index (χ3n) is 4.34. The standard InChI is InChI=1S/C18H24N4O4S/c1-20(2)15-11-9-14(10-12-15)17(21(3)4)13-19-27(25,26)18-8-6-5-7-16(18)22(23)24/h5-12,17,19H,13H2,1-4H3/p+1/t17-/m0/s1. The van der Waals surface area contributed by atoms with Crippen molar-refractivity contribution in [3.05, 3.63) is 64.2 Å². The van der Waals surface area contributed by atoms with Crippen LogP contribution in [0.4, 0.5) is 11.4 Å². The van der Waals surface area contributed by atoms with Gasteiger partial charge >= 0.3 is 0 Å². The summed E-state index contributed by atoms with van der Waals surface area (Å²) in [5.41, 5.74) is 1.59. The van der Waals surface area contributed by atoms with Crippen LogP contribution in [-0.2, 0) is 10.0 Å². The van der Waals surface area contributed by atoms with Gasteiger partial charge < -0.3 is 9.80 Å². The van der Waals surface area contributed by atoms with Gasteiger partial charge in [0.05, 0.1) is 25.6 Å². The van der Waals surface area contributed by atoms with Crippen molar-refractivity contribution in [1.29, 1.82) is 0 Å². The van der Waals surface area contributed by atoms with Crippen molar-refractivity contribution in [2.75, 3.05) is 39.6 Å². The van der Waals surface area contributed by atoms with Crippen LogP contribution in [0.3, 0.4) is 0 Å². The number of quaternary nitrogens is 1. The van der Waals surface area contributed by atoms with Crippen LogP contribution in [0.2, 0.25) is 0 Å². The van der Waals surface area contributed by atoms with Crippen LogP contribution in [0.15, 0.2) is 53.4 Å². The zero-order valence-electron chi connectivity index (χ0n) is 15.8. The fourth-order valence-electron chi connectivity index (χ4n) is 2.77. The van der Waals surface area contributed by atoms with E-state index < -0.39 is 20.6 Å². The Balaban J connectivity index is 2.24. The molecule has 9 heteroatoms. The summed E-state index contributed by atoms with van der Waals surface area (Å²) in [5, 5.41) is 11.1. The van der Waals surface area contributed by atoms with E-state index in [0.29, 0.717) is 0 Å². The van der Waals surface area contributed by atoms with E-state index in [1.54, 1.807) is 0 Å². The number of sulfonamides is 1. The summed E-state index contributed by atoms with van der Waals surface area (Å²) in [7, 11) is 3.76. The molecule has 0 amide bonds. The molecule has 0 aliphatic carbocycles. The van der Waals surface area contributed by atoms with E-state index in [9.17, 15) is 18.5 Å². The van der Waals surface area contributed by atoms with Crippen molar-refractivity contribution in [2.45, 2.75) is 10.9 Å². The molecule has 0 radical (unpaired) electrons. The second kappa shape index (κ2) is 8.47. The Labute approximate surface area is 159 Å². The van der Waals surface area contributed by atoms with Gasteiger partial charge in [0.2, 0.25) is 10.0 Å². The summed E-state index contributed by atoms with van der Waals surface area (Å²) >= 11 is 0. The minimum atomic E-state index is -4.01. The van der Waals surface area contributed by atoms with Crippen LogP contribution in [0, 0.1) is 10.1 Å². The van der Waals surface area contributed by atoms with Gasteiger partial charge in [-0.2, -0.15) is 0 Å². The van der Waals surface area contributed by atoms with Gasteiger partial charge in [-0.25, -0.2) is 13.1 Å². The van der Waals surface area contributed by atoms with Gasteiger partial charge in [-0.3, -0.25) is 10.1 Å². The number of hydrogen-bond donors (Lipinski definition) is 2. The first-order valence-electron chi connectivity index (χ1n) is 8.44. The molecule has 146 valence electrons. The van der Waals surface area contributed by atoms with Gasteiger partial charge in [0.25, 0.3) is 5.69 Å². The number of nitrogens with one attached hydrogen (secondary N) is 2. The molecule has 0 bridgehead atoms. The molecule has 0 spiro atoms. The molecule has 1 atom stereocenters. The maximum atomic E-state index is 12.6. The molecule has 8 nitrogen and oxygen atoms in total. The molecule has 2 aromatic rings. The van der Waals surface area contributed by atoms with E-state index in [2.05, 4.69) is 4.72 Å². The molecule has 0 aromatic heterocycles. The summed E-state index contributed by atoms with van der Waals surface area (Å²) in [6, 6.07) is 13.1. The van der Waals surface area contributed by atoms with E-state index in [4.69, 9.17) is 0 Å². The SMILES string of the molecule is CN(C)c1ccc([C@H](CNS(=O)(=O)c2ccccc2[N+](=O)[O-])[NH+](C)C)cc1. The molecule has 0 unspecified atom stereocenters. The second-order valence-electron chi connectivity index (χ2n) is 6.69. The molecule has 0 fully saturated rings. The average molecular weight is 393 g/mol. The normalized spacial score (nSPS) is 12.8. The van der Waals surface area contributed by atoms with E-state index in [1.165, 1.54) is 24.3 Å². The first-order valence-corrected chi connectivity index (χ1v) is 9.92. The number of likely N-dealkylation sites (N-methyl/N-ethyl adjacent to an activating group) is 1. The lowest BCUT2D eigenvalue weighted by Gasteiger charge is -2.23. The number of benzene rings is 2. The maximum absolute atomic E-state index is 12.6. The van der Waals surface area contributed by atoms with Crippen molar-refractivity contribution in [3.8, 4) is 0 Å². The zero-order valence-corrected chi connectivity index (χ0v) is 16.7. The van der Waals surface area contributed by atoms with E-state index >= 15 is 0 Å². The predicted molar refractivity (Wildman–Crippen MR) is 105 cm³/mol. The first kappa shape index (κ1) is 20.8. The molecule has 27 heavy (non-hydrogen) atoms. The van der Waals surface area contributed by atoms with Gasteiger partial charge in [-0.15, -0.1) is 0 Å². The Morgan fingerprint density at radius 2 is 1.70 bits per heavy atom. The molecule has 0 saturated heterocycles. The summed E-state index contributed by atoms with van der Waals surface area (Å²) < 4.78 is 27.8. The first-order chi connectivity index (χ1) is 12.6. The summed E-state index contributed by atoms with van der Waals surface area (Å²) in [5.74, 6) is 0. The lowest BCUT2D eigenvalue weighted by atomic mass is 10.1. The van der Waals surface area contributed by atoms with E-state index in [-0.39, 0.29) is 17.5 Å². The van der Waals surface area contributed by atoms with Crippen LogP contribution in [0.25, 0.3) is 0 Å². The largest absolute Gasteiger partial charge is 0.378 e. The van der Waals surface area contributed by atoms with Gasteiger partial charge in [0.15, 0.2) is 4.90 Å². The van der Waals surface area contributed by atoms with E-state index in [0.717, 1.165) is 16.2 Å². The fourth-order valence-corrected chi connectivity index (χ4v) is 3.98. The second-order valence-corrected chi connectivity index (χ2v) is 8.43. The van der Waals surface area contributed by atoms with Crippen LogP contribution in [-0.4, -0.2) is 48.1 Å². The van der Waals surface area contributed by atoms with E-state index in [1.807, 2.05) is 57.4 Å². The topological polar surface area (TPSA) is 97.0 Å². The van der Waals surface area contributed by atoms with Crippen molar-refractivity contribution in [2.24, 2.45) is 0 Å². The fraction of sp³-hybridized carbons (Fsp3) is 0.333. The molecule has 0 saturated carbocycles. The smallest absolute Gasteiger partial charge is 0.289 e.